The van der Waals surface area contributed by atoms with Gasteiger partial charge in [-0.05, 0) is 67.1 Å². The fourth-order valence-electron chi connectivity index (χ4n) is 3.12. The molecule has 0 aromatic heterocycles. The second-order valence-corrected chi connectivity index (χ2v) is 5.77. The van der Waals surface area contributed by atoms with Crippen molar-refractivity contribution >= 4 is 0 Å². The molecule has 2 N–H and O–H groups in total. The van der Waals surface area contributed by atoms with Crippen molar-refractivity contribution in [2.45, 2.75) is 38.3 Å². The Labute approximate surface area is 124 Å². The molecule has 0 aliphatic heterocycles. The average Bonchev–Trinajstić information content (AvgIpc) is 2.47. The monoisotopic (exact) mass is 285 g/mol. The lowest BCUT2D eigenvalue weighted by molar-refractivity contribution is 0.412. The summed E-state index contributed by atoms with van der Waals surface area (Å²) in [7, 11) is 0. The van der Waals surface area contributed by atoms with Crippen LogP contribution in [0.25, 0.3) is 0 Å². The van der Waals surface area contributed by atoms with Gasteiger partial charge in [0.1, 0.15) is 11.6 Å². The van der Waals surface area contributed by atoms with E-state index >= 15 is 0 Å². The predicted octanol–water partition coefficient (Wildman–Crippen LogP) is 4.26. The van der Waals surface area contributed by atoms with E-state index in [1.807, 2.05) is 24.3 Å². The number of hydrogen-bond acceptors (Lipinski definition) is 2. The van der Waals surface area contributed by atoms with E-state index in [2.05, 4.69) is 12.2 Å². The van der Waals surface area contributed by atoms with Gasteiger partial charge in [-0.2, -0.15) is 0 Å². The van der Waals surface area contributed by atoms with Crippen molar-refractivity contribution in [3.8, 4) is 5.75 Å². The van der Waals surface area contributed by atoms with Gasteiger partial charge in [0.15, 0.2) is 0 Å². The van der Waals surface area contributed by atoms with Crippen LogP contribution >= 0.6 is 0 Å². The van der Waals surface area contributed by atoms with E-state index in [-0.39, 0.29) is 17.9 Å². The summed E-state index contributed by atoms with van der Waals surface area (Å²) >= 11 is 0. The maximum atomic E-state index is 13.0. The summed E-state index contributed by atoms with van der Waals surface area (Å²) in [5.41, 5.74) is 3.58. The number of phenols is 1. The minimum atomic E-state index is -0.204. The number of benzene rings is 2. The molecule has 110 valence electrons. The molecule has 0 saturated carbocycles. The van der Waals surface area contributed by atoms with Gasteiger partial charge in [0.2, 0.25) is 0 Å². The van der Waals surface area contributed by atoms with Crippen LogP contribution in [0.3, 0.4) is 0 Å². The van der Waals surface area contributed by atoms with E-state index in [0.29, 0.717) is 5.75 Å². The van der Waals surface area contributed by atoms with Crippen LogP contribution < -0.4 is 5.32 Å². The Morgan fingerprint density at radius 1 is 1.19 bits per heavy atom. The smallest absolute Gasteiger partial charge is 0.123 e. The lowest BCUT2D eigenvalue weighted by Gasteiger charge is -2.29. The maximum absolute atomic E-state index is 13.0. The zero-order chi connectivity index (χ0) is 14.8. The van der Waals surface area contributed by atoms with Crippen molar-refractivity contribution < 1.29 is 9.50 Å². The largest absolute Gasteiger partial charge is 0.508 e. The topological polar surface area (TPSA) is 32.3 Å². The second-order valence-electron chi connectivity index (χ2n) is 5.77. The van der Waals surface area contributed by atoms with Crippen LogP contribution in [0.15, 0.2) is 42.5 Å². The van der Waals surface area contributed by atoms with Gasteiger partial charge in [0.05, 0.1) is 0 Å². The van der Waals surface area contributed by atoms with E-state index in [1.165, 1.54) is 23.3 Å². The van der Waals surface area contributed by atoms with Gasteiger partial charge in [0, 0.05) is 12.1 Å². The Balaban J connectivity index is 1.78. The molecule has 0 fully saturated rings. The first-order valence-corrected chi connectivity index (χ1v) is 7.47. The number of aryl methyl sites for hydroxylation is 1. The molecule has 0 radical (unpaired) electrons. The molecule has 1 aliphatic rings. The highest BCUT2D eigenvalue weighted by Gasteiger charge is 2.22. The van der Waals surface area contributed by atoms with E-state index in [4.69, 9.17) is 0 Å². The number of hydrogen-bond donors (Lipinski definition) is 2. The van der Waals surface area contributed by atoms with Gasteiger partial charge in [-0.15, -0.1) is 0 Å². The van der Waals surface area contributed by atoms with Crippen molar-refractivity contribution in [1.82, 2.24) is 5.32 Å². The number of phenolic OH excluding ortho intramolecular Hbond substituents is 1. The van der Waals surface area contributed by atoms with Gasteiger partial charge in [-0.1, -0.05) is 18.2 Å². The number of nitrogens with one attached hydrogen (secondary N) is 1. The van der Waals surface area contributed by atoms with E-state index in [1.54, 1.807) is 6.07 Å². The molecule has 2 aromatic rings. The molecule has 21 heavy (non-hydrogen) atoms. The first kappa shape index (κ1) is 14.1. The molecule has 3 rings (SSSR count). The van der Waals surface area contributed by atoms with Crippen molar-refractivity contribution in [2.75, 3.05) is 0 Å². The fourth-order valence-corrected chi connectivity index (χ4v) is 3.12. The molecule has 1 aliphatic carbocycles. The molecule has 1 unspecified atom stereocenters. The molecule has 2 aromatic carbocycles. The summed E-state index contributed by atoms with van der Waals surface area (Å²) in [6, 6.07) is 12.7. The lowest BCUT2D eigenvalue weighted by Crippen LogP contribution is -2.27. The number of rotatable bonds is 3. The molecular formula is C18H20FNO. The summed E-state index contributed by atoms with van der Waals surface area (Å²) in [4.78, 5) is 0. The quantitative estimate of drug-likeness (QED) is 0.883. The molecule has 2 atom stereocenters. The third-order valence-electron chi connectivity index (χ3n) is 4.26. The summed E-state index contributed by atoms with van der Waals surface area (Å²) in [5, 5.41) is 13.2. The van der Waals surface area contributed by atoms with Gasteiger partial charge in [-0.3, -0.25) is 0 Å². The van der Waals surface area contributed by atoms with Gasteiger partial charge in [0.25, 0.3) is 0 Å². The van der Waals surface area contributed by atoms with Gasteiger partial charge < -0.3 is 10.4 Å². The molecule has 0 bridgehead atoms. The highest BCUT2D eigenvalue weighted by Crippen LogP contribution is 2.33. The molecule has 2 nitrogen and oxygen atoms in total. The zero-order valence-corrected chi connectivity index (χ0v) is 12.1. The summed E-state index contributed by atoms with van der Waals surface area (Å²) in [6.45, 7) is 2.10. The zero-order valence-electron chi connectivity index (χ0n) is 12.1. The Kier molecular flexibility index (Phi) is 3.93. The van der Waals surface area contributed by atoms with Crippen LogP contribution in [0.2, 0.25) is 0 Å². The van der Waals surface area contributed by atoms with Crippen LogP contribution in [0.1, 0.15) is 48.5 Å². The van der Waals surface area contributed by atoms with Gasteiger partial charge >= 0.3 is 0 Å². The normalized spacial score (nSPS) is 19.0. The third kappa shape index (κ3) is 3.08. The van der Waals surface area contributed by atoms with E-state index in [9.17, 15) is 9.50 Å². The Morgan fingerprint density at radius 2 is 1.95 bits per heavy atom. The van der Waals surface area contributed by atoms with Crippen molar-refractivity contribution in [2.24, 2.45) is 0 Å². The van der Waals surface area contributed by atoms with E-state index < -0.39 is 0 Å². The first-order chi connectivity index (χ1) is 10.1. The van der Waals surface area contributed by atoms with Crippen LogP contribution in [0.5, 0.6) is 5.75 Å². The minimum absolute atomic E-state index is 0.162. The standard InChI is InChI=1S/C18H20FNO/c1-12(13-5-7-15(19)8-6-13)20-18-4-2-3-14-11-16(21)9-10-17(14)18/h5-12,18,20-21H,2-4H2,1H3/t12-,18?/m1/s1. The SMILES string of the molecule is C[C@@H](NC1CCCc2cc(O)ccc21)c1ccc(F)cc1. The summed E-state index contributed by atoms with van der Waals surface area (Å²) < 4.78 is 13.0. The molecular weight excluding hydrogens is 265 g/mol. The number of halogens is 1. The second kappa shape index (κ2) is 5.86. The van der Waals surface area contributed by atoms with Crippen LogP contribution in [-0.2, 0) is 6.42 Å². The van der Waals surface area contributed by atoms with Crippen LogP contribution in [0, 0.1) is 5.82 Å². The van der Waals surface area contributed by atoms with Crippen LogP contribution in [-0.4, -0.2) is 5.11 Å². The van der Waals surface area contributed by atoms with Crippen LogP contribution in [0.4, 0.5) is 4.39 Å². The first-order valence-electron chi connectivity index (χ1n) is 7.47. The van der Waals surface area contributed by atoms with E-state index in [0.717, 1.165) is 24.8 Å². The molecule has 3 heteroatoms. The summed E-state index contributed by atoms with van der Waals surface area (Å²) in [6.07, 6.45) is 3.22. The molecule has 0 amide bonds. The highest BCUT2D eigenvalue weighted by atomic mass is 19.1. The van der Waals surface area contributed by atoms with Crippen molar-refractivity contribution in [1.29, 1.82) is 0 Å². The Morgan fingerprint density at radius 3 is 2.71 bits per heavy atom. The molecule has 0 spiro atoms. The number of fused-ring (bicyclic) bond motifs is 1. The maximum Gasteiger partial charge on any atom is 0.123 e. The molecule has 0 heterocycles. The fraction of sp³-hybridized carbons (Fsp3) is 0.333. The Bertz CT molecular complexity index is 624. The minimum Gasteiger partial charge on any atom is -0.508 e. The highest BCUT2D eigenvalue weighted by molar-refractivity contribution is 5.38. The summed E-state index contributed by atoms with van der Waals surface area (Å²) in [5.74, 6) is 0.130. The number of aromatic hydroxyl groups is 1. The van der Waals surface area contributed by atoms with Gasteiger partial charge in [-0.25, -0.2) is 4.39 Å². The van der Waals surface area contributed by atoms with Crippen molar-refractivity contribution in [3.63, 3.8) is 0 Å². The average molecular weight is 285 g/mol. The predicted molar refractivity (Wildman–Crippen MR) is 81.7 cm³/mol. The lowest BCUT2D eigenvalue weighted by atomic mass is 9.87. The molecule has 0 saturated heterocycles. The Hall–Kier alpha value is -1.87. The third-order valence-corrected chi connectivity index (χ3v) is 4.26. The van der Waals surface area contributed by atoms with Crippen molar-refractivity contribution in [3.05, 3.63) is 65.0 Å².